The molecule has 9 nitrogen and oxygen atoms in total. The molecule has 4 N–H and O–H groups in total. The SMILES string of the molecule is CCNS(=O)(=O)C(Nc1c(Nc2ccc(O)c(-c3ccccn3)c2)c(=O)c1=O)c1ccccc1. The van der Waals surface area contributed by atoms with Gasteiger partial charge in [-0.15, -0.1) is 0 Å². The molecule has 174 valence electrons. The Kier molecular flexibility index (Phi) is 6.44. The lowest BCUT2D eigenvalue weighted by Gasteiger charge is -2.23. The van der Waals surface area contributed by atoms with Gasteiger partial charge < -0.3 is 15.7 Å². The van der Waals surface area contributed by atoms with Crippen LogP contribution in [0.3, 0.4) is 0 Å². The minimum Gasteiger partial charge on any atom is -0.507 e. The van der Waals surface area contributed by atoms with Gasteiger partial charge >= 0.3 is 0 Å². The van der Waals surface area contributed by atoms with Crippen molar-refractivity contribution in [3.05, 3.63) is 98.9 Å². The zero-order valence-electron chi connectivity index (χ0n) is 18.1. The summed E-state index contributed by atoms with van der Waals surface area (Å²) in [5, 5.41) is 14.6. The first-order chi connectivity index (χ1) is 16.3. The highest BCUT2D eigenvalue weighted by Crippen LogP contribution is 2.33. The molecular formula is C24H22N4O5S. The van der Waals surface area contributed by atoms with Crippen LogP contribution in [0.5, 0.6) is 5.75 Å². The first-order valence-corrected chi connectivity index (χ1v) is 12.0. The maximum absolute atomic E-state index is 12.9. The van der Waals surface area contributed by atoms with Crippen molar-refractivity contribution in [3.8, 4) is 17.0 Å². The van der Waals surface area contributed by atoms with Gasteiger partial charge in [0, 0.05) is 24.0 Å². The smallest absolute Gasteiger partial charge is 0.253 e. The maximum atomic E-state index is 12.9. The number of nitrogens with one attached hydrogen (secondary N) is 3. The molecule has 0 radical (unpaired) electrons. The van der Waals surface area contributed by atoms with Crippen LogP contribution in [0.25, 0.3) is 11.3 Å². The van der Waals surface area contributed by atoms with Crippen LogP contribution in [0.4, 0.5) is 17.1 Å². The first kappa shape index (κ1) is 23.1. The van der Waals surface area contributed by atoms with Crippen LogP contribution in [0.15, 0.2) is 82.5 Å². The van der Waals surface area contributed by atoms with E-state index in [1.165, 1.54) is 12.1 Å². The van der Waals surface area contributed by atoms with Crippen molar-refractivity contribution in [2.24, 2.45) is 0 Å². The van der Waals surface area contributed by atoms with Crippen LogP contribution in [0, 0.1) is 0 Å². The predicted molar refractivity (Wildman–Crippen MR) is 131 cm³/mol. The van der Waals surface area contributed by atoms with Crippen LogP contribution >= 0.6 is 0 Å². The molecule has 4 rings (SSSR count). The Hall–Kier alpha value is -4.02. The van der Waals surface area contributed by atoms with Gasteiger partial charge in [0.2, 0.25) is 10.0 Å². The molecule has 0 bridgehead atoms. The third-order valence-electron chi connectivity index (χ3n) is 5.15. The van der Waals surface area contributed by atoms with Gasteiger partial charge in [-0.05, 0) is 35.9 Å². The minimum absolute atomic E-state index is 0.00605. The number of benzene rings is 2. The molecule has 4 aromatic rings. The number of hydrogen-bond donors (Lipinski definition) is 4. The molecule has 0 amide bonds. The zero-order chi connectivity index (χ0) is 24.3. The second kappa shape index (κ2) is 9.46. The molecule has 0 saturated heterocycles. The molecular weight excluding hydrogens is 456 g/mol. The van der Waals surface area contributed by atoms with Crippen LogP contribution in [-0.2, 0) is 10.0 Å². The Morgan fingerprint density at radius 1 is 0.941 bits per heavy atom. The standard InChI is InChI=1S/C24H22N4O5S/c1-2-26-34(32,33)24(15-8-4-3-5-9-15)28-21-20(22(30)23(21)31)27-16-11-12-19(29)17(14-16)18-10-6-7-13-25-18/h3-14,24,26-29H,2H2,1H3. The lowest BCUT2D eigenvalue weighted by Crippen LogP contribution is -2.40. The second-order valence-corrected chi connectivity index (χ2v) is 9.31. The number of nitrogens with zero attached hydrogens (tertiary/aromatic N) is 1. The summed E-state index contributed by atoms with van der Waals surface area (Å²) in [5.41, 5.74) is -0.0166. The molecule has 0 saturated carbocycles. The van der Waals surface area contributed by atoms with E-state index < -0.39 is 26.3 Å². The number of rotatable bonds is 9. The molecule has 1 heterocycles. The van der Waals surface area contributed by atoms with E-state index in [2.05, 4.69) is 20.3 Å². The highest BCUT2D eigenvalue weighted by atomic mass is 32.2. The van der Waals surface area contributed by atoms with Crippen molar-refractivity contribution in [1.82, 2.24) is 9.71 Å². The molecule has 0 aliphatic rings. The average Bonchev–Trinajstić information content (AvgIpc) is 2.85. The van der Waals surface area contributed by atoms with E-state index in [0.717, 1.165) is 0 Å². The number of phenolic OH excluding ortho intramolecular Hbond substituents is 1. The number of aromatic nitrogens is 1. The van der Waals surface area contributed by atoms with Gasteiger partial charge in [0.15, 0.2) is 5.37 Å². The summed E-state index contributed by atoms with van der Waals surface area (Å²) in [6.07, 6.45) is 1.59. The summed E-state index contributed by atoms with van der Waals surface area (Å²) in [7, 11) is -3.91. The summed E-state index contributed by atoms with van der Waals surface area (Å²) in [6, 6.07) is 18.1. The second-order valence-electron chi connectivity index (χ2n) is 7.46. The van der Waals surface area contributed by atoms with Crippen molar-refractivity contribution in [3.63, 3.8) is 0 Å². The van der Waals surface area contributed by atoms with Gasteiger partial charge in [-0.3, -0.25) is 14.6 Å². The largest absolute Gasteiger partial charge is 0.507 e. The van der Waals surface area contributed by atoms with Gasteiger partial charge in [0.25, 0.3) is 10.9 Å². The summed E-state index contributed by atoms with van der Waals surface area (Å²) in [4.78, 5) is 29.0. The maximum Gasteiger partial charge on any atom is 0.253 e. The molecule has 34 heavy (non-hydrogen) atoms. The fourth-order valence-electron chi connectivity index (χ4n) is 3.52. The Morgan fingerprint density at radius 3 is 2.32 bits per heavy atom. The molecule has 0 fully saturated rings. The van der Waals surface area contributed by atoms with Crippen molar-refractivity contribution in [2.45, 2.75) is 12.3 Å². The van der Waals surface area contributed by atoms with Crippen molar-refractivity contribution < 1.29 is 13.5 Å². The van der Waals surface area contributed by atoms with Crippen LogP contribution in [0.2, 0.25) is 0 Å². The van der Waals surface area contributed by atoms with Crippen molar-refractivity contribution >= 4 is 27.1 Å². The van der Waals surface area contributed by atoms with E-state index in [0.29, 0.717) is 22.5 Å². The Bertz CT molecular complexity index is 1480. The summed E-state index contributed by atoms with van der Waals surface area (Å²) >= 11 is 0. The summed E-state index contributed by atoms with van der Waals surface area (Å²) in [6.45, 7) is 1.81. The van der Waals surface area contributed by atoms with Gasteiger partial charge in [0.1, 0.15) is 17.1 Å². The van der Waals surface area contributed by atoms with E-state index in [-0.39, 0.29) is 23.7 Å². The highest BCUT2D eigenvalue weighted by molar-refractivity contribution is 7.89. The molecule has 3 aromatic carbocycles. The van der Waals surface area contributed by atoms with Crippen molar-refractivity contribution in [1.29, 1.82) is 0 Å². The number of aromatic hydroxyl groups is 1. The topological polar surface area (TPSA) is 137 Å². The van der Waals surface area contributed by atoms with Gasteiger partial charge in [-0.25, -0.2) is 13.1 Å². The van der Waals surface area contributed by atoms with E-state index in [1.54, 1.807) is 67.7 Å². The Balaban J connectivity index is 1.68. The molecule has 0 aliphatic heterocycles. The lowest BCUT2D eigenvalue weighted by molar-refractivity contribution is 0.477. The molecule has 1 atom stereocenters. The fourth-order valence-corrected chi connectivity index (χ4v) is 4.87. The summed E-state index contributed by atoms with van der Waals surface area (Å²) < 4.78 is 28.1. The predicted octanol–water partition coefficient (Wildman–Crippen LogP) is 2.84. The number of pyridine rings is 1. The lowest BCUT2D eigenvalue weighted by atomic mass is 10.1. The first-order valence-electron chi connectivity index (χ1n) is 10.5. The van der Waals surface area contributed by atoms with Gasteiger partial charge in [0.05, 0.1) is 5.69 Å². The number of phenols is 1. The zero-order valence-corrected chi connectivity index (χ0v) is 19.0. The Morgan fingerprint density at radius 2 is 1.65 bits per heavy atom. The molecule has 1 unspecified atom stereocenters. The summed E-state index contributed by atoms with van der Waals surface area (Å²) in [5.74, 6) is -0.00605. The monoisotopic (exact) mass is 478 g/mol. The van der Waals surface area contributed by atoms with E-state index in [4.69, 9.17) is 0 Å². The fraction of sp³-hybridized carbons (Fsp3) is 0.125. The van der Waals surface area contributed by atoms with E-state index in [9.17, 15) is 23.1 Å². The Labute approximate surface area is 195 Å². The quantitative estimate of drug-likeness (QED) is 0.213. The van der Waals surface area contributed by atoms with Crippen molar-refractivity contribution in [2.75, 3.05) is 17.2 Å². The van der Waals surface area contributed by atoms with E-state index >= 15 is 0 Å². The normalized spacial score (nSPS) is 12.4. The number of anilines is 3. The molecule has 10 heteroatoms. The van der Waals surface area contributed by atoms with Gasteiger partial charge in [-0.2, -0.15) is 0 Å². The minimum atomic E-state index is -3.91. The van der Waals surface area contributed by atoms with Crippen LogP contribution < -0.4 is 26.2 Å². The van der Waals surface area contributed by atoms with Crippen LogP contribution in [-0.4, -0.2) is 25.1 Å². The average molecular weight is 479 g/mol. The number of hydrogen-bond acceptors (Lipinski definition) is 8. The van der Waals surface area contributed by atoms with E-state index in [1.807, 2.05) is 0 Å². The molecule has 0 aliphatic carbocycles. The van der Waals surface area contributed by atoms with Gasteiger partial charge in [-0.1, -0.05) is 43.3 Å². The van der Waals surface area contributed by atoms with Crippen LogP contribution in [0.1, 0.15) is 17.9 Å². The molecule has 1 aromatic heterocycles. The highest BCUT2D eigenvalue weighted by Gasteiger charge is 2.31. The third-order valence-corrected chi connectivity index (χ3v) is 6.85. The molecule has 0 spiro atoms. The third kappa shape index (κ3) is 4.54. The number of sulfonamides is 1.